The molecule has 0 fully saturated rings. The summed E-state index contributed by atoms with van der Waals surface area (Å²) in [6.07, 6.45) is 1.87. The number of rotatable bonds is 3. The van der Waals surface area contributed by atoms with Crippen molar-refractivity contribution in [2.45, 2.75) is 39.2 Å². The Bertz CT molecular complexity index is 532. The number of aromatic nitrogens is 2. The smallest absolute Gasteiger partial charge is 0.109 e. The molecule has 2 N–H and O–H groups in total. The summed E-state index contributed by atoms with van der Waals surface area (Å²) in [5.74, 6) is 1.12. The molecule has 0 saturated carbocycles. The zero-order chi connectivity index (χ0) is 12.6. The molecule has 17 heavy (non-hydrogen) atoms. The second-order valence-corrected chi connectivity index (χ2v) is 5.52. The first-order chi connectivity index (χ1) is 7.88. The molecule has 2 rings (SSSR count). The highest BCUT2D eigenvalue weighted by Gasteiger charge is 2.14. The van der Waals surface area contributed by atoms with E-state index in [1.807, 2.05) is 0 Å². The van der Waals surface area contributed by atoms with Crippen molar-refractivity contribution in [3.05, 3.63) is 29.6 Å². The van der Waals surface area contributed by atoms with Crippen molar-refractivity contribution >= 4 is 11.0 Å². The maximum absolute atomic E-state index is 6.02. The van der Waals surface area contributed by atoms with E-state index in [4.69, 9.17) is 5.73 Å². The second kappa shape index (κ2) is 4.15. The zero-order valence-electron chi connectivity index (χ0n) is 11.1. The van der Waals surface area contributed by atoms with Gasteiger partial charge in [-0.3, -0.25) is 0 Å². The normalized spacial score (nSPS) is 12.3. The molecule has 0 bridgehead atoms. The monoisotopic (exact) mass is 231 g/mol. The Balaban J connectivity index is 2.36. The lowest BCUT2D eigenvalue weighted by molar-refractivity contribution is 0.468. The SMILES string of the molecule is Cc1cccc2nc(CCC(C)(C)N)n(C)c12. The molecular weight excluding hydrogens is 210 g/mol. The predicted molar refractivity (Wildman–Crippen MR) is 72.0 cm³/mol. The summed E-state index contributed by atoms with van der Waals surface area (Å²) in [4.78, 5) is 4.68. The number of nitrogens with zero attached hydrogens (tertiary/aromatic N) is 2. The largest absolute Gasteiger partial charge is 0.331 e. The molecule has 0 unspecified atom stereocenters. The van der Waals surface area contributed by atoms with Crippen LogP contribution >= 0.6 is 0 Å². The van der Waals surface area contributed by atoms with Gasteiger partial charge in [0.15, 0.2) is 0 Å². The highest BCUT2D eigenvalue weighted by Crippen LogP contribution is 2.20. The van der Waals surface area contributed by atoms with E-state index in [1.54, 1.807) is 0 Å². The van der Waals surface area contributed by atoms with Crippen LogP contribution in [0.25, 0.3) is 11.0 Å². The first kappa shape index (κ1) is 12.1. The molecule has 0 radical (unpaired) electrons. The van der Waals surface area contributed by atoms with Crippen LogP contribution in [0.4, 0.5) is 0 Å². The van der Waals surface area contributed by atoms with E-state index in [0.717, 1.165) is 24.2 Å². The molecule has 0 saturated heterocycles. The average Bonchev–Trinajstić information content (AvgIpc) is 2.53. The number of aryl methyl sites for hydroxylation is 3. The summed E-state index contributed by atoms with van der Waals surface area (Å²) in [5, 5.41) is 0. The average molecular weight is 231 g/mol. The van der Waals surface area contributed by atoms with Crippen molar-refractivity contribution in [2.24, 2.45) is 12.8 Å². The van der Waals surface area contributed by atoms with E-state index >= 15 is 0 Å². The highest BCUT2D eigenvalue weighted by molar-refractivity contribution is 5.79. The maximum atomic E-state index is 6.02. The van der Waals surface area contributed by atoms with Crippen LogP contribution in [0.5, 0.6) is 0 Å². The van der Waals surface area contributed by atoms with Gasteiger partial charge in [-0.05, 0) is 38.8 Å². The van der Waals surface area contributed by atoms with Crippen molar-refractivity contribution in [2.75, 3.05) is 0 Å². The third-order valence-electron chi connectivity index (χ3n) is 3.18. The molecule has 2 aromatic rings. The standard InChI is InChI=1S/C14H21N3/c1-10-6-5-7-11-13(10)17(4)12(16-11)8-9-14(2,3)15/h5-7H,8-9,15H2,1-4H3. The van der Waals surface area contributed by atoms with Crippen LogP contribution in [0.2, 0.25) is 0 Å². The number of para-hydroxylation sites is 1. The predicted octanol–water partition coefficient (Wildman–Crippen LogP) is 2.55. The van der Waals surface area contributed by atoms with Gasteiger partial charge in [0, 0.05) is 19.0 Å². The van der Waals surface area contributed by atoms with Crippen molar-refractivity contribution in [1.82, 2.24) is 9.55 Å². The van der Waals surface area contributed by atoms with Gasteiger partial charge < -0.3 is 10.3 Å². The Kier molecular flexibility index (Phi) is 2.96. The molecule has 0 aliphatic carbocycles. The highest BCUT2D eigenvalue weighted by atomic mass is 15.1. The molecule has 0 spiro atoms. The van der Waals surface area contributed by atoms with Crippen LogP contribution in [-0.2, 0) is 13.5 Å². The lowest BCUT2D eigenvalue weighted by Crippen LogP contribution is -2.32. The summed E-state index contributed by atoms with van der Waals surface area (Å²) < 4.78 is 2.19. The van der Waals surface area contributed by atoms with Gasteiger partial charge in [0.25, 0.3) is 0 Å². The topological polar surface area (TPSA) is 43.8 Å². The molecule has 1 aromatic heterocycles. The molecule has 0 aliphatic heterocycles. The van der Waals surface area contributed by atoms with Gasteiger partial charge in [-0.1, -0.05) is 12.1 Å². The Morgan fingerprint density at radius 3 is 2.65 bits per heavy atom. The number of fused-ring (bicyclic) bond motifs is 1. The summed E-state index contributed by atoms with van der Waals surface area (Å²) in [5.41, 5.74) is 9.48. The second-order valence-electron chi connectivity index (χ2n) is 5.52. The summed E-state index contributed by atoms with van der Waals surface area (Å²) >= 11 is 0. The number of benzene rings is 1. The van der Waals surface area contributed by atoms with E-state index < -0.39 is 0 Å². The van der Waals surface area contributed by atoms with Gasteiger partial charge in [-0.15, -0.1) is 0 Å². The van der Waals surface area contributed by atoms with Crippen LogP contribution < -0.4 is 5.73 Å². The number of imidazole rings is 1. The van der Waals surface area contributed by atoms with Crippen molar-refractivity contribution in [3.63, 3.8) is 0 Å². The van der Waals surface area contributed by atoms with Gasteiger partial charge in [-0.25, -0.2) is 4.98 Å². The molecule has 1 heterocycles. The fourth-order valence-electron chi connectivity index (χ4n) is 2.17. The minimum absolute atomic E-state index is 0.132. The minimum Gasteiger partial charge on any atom is -0.331 e. The Morgan fingerprint density at radius 2 is 2.06 bits per heavy atom. The van der Waals surface area contributed by atoms with Gasteiger partial charge in [-0.2, -0.15) is 0 Å². The summed E-state index contributed by atoms with van der Waals surface area (Å²) in [7, 11) is 2.08. The van der Waals surface area contributed by atoms with E-state index in [2.05, 4.69) is 55.6 Å². The van der Waals surface area contributed by atoms with Gasteiger partial charge >= 0.3 is 0 Å². The Morgan fingerprint density at radius 1 is 1.35 bits per heavy atom. The summed E-state index contributed by atoms with van der Waals surface area (Å²) in [6.45, 7) is 6.24. The molecule has 0 aliphatic rings. The quantitative estimate of drug-likeness (QED) is 0.882. The number of hydrogen-bond donors (Lipinski definition) is 1. The molecule has 0 atom stereocenters. The number of hydrogen-bond acceptors (Lipinski definition) is 2. The fraction of sp³-hybridized carbons (Fsp3) is 0.500. The number of nitrogens with two attached hydrogens (primary N) is 1. The first-order valence-electron chi connectivity index (χ1n) is 6.08. The fourth-order valence-corrected chi connectivity index (χ4v) is 2.17. The van der Waals surface area contributed by atoms with Crippen molar-refractivity contribution in [1.29, 1.82) is 0 Å². The molecule has 1 aromatic carbocycles. The third-order valence-corrected chi connectivity index (χ3v) is 3.18. The molecule has 0 amide bonds. The molecule has 92 valence electrons. The van der Waals surface area contributed by atoms with E-state index in [0.29, 0.717) is 0 Å². The lowest BCUT2D eigenvalue weighted by Gasteiger charge is -2.17. The minimum atomic E-state index is -0.132. The summed E-state index contributed by atoms with van der Waals surface area (Å²) in [6, 6.07) is 6.25. The van der Waals surface area contributed by atoms with Gasteiger partial charge in [0.05, 0.1) is 11.0 Å². The van der Waals surface area contributed by atoms with E-state index in [-0.39, 0.29) is 5.54 Å². The van der Waals surface area contributed by atoms with Crippen LogP contribution in [0.1, 0.15) is 31.7 Å². The van der Waals surface area contributed by atoms with Crippen LogP contribution in [0.15, 0.2) is 18.2 Å². The molecule has 3 heteroatoms. The molecule has 3 nitrogen and oxygen atoms in total. The van der Waals surface area contributed by atoms with Gasteiger partial charge in [0.1, 0.15) is 5.82 Å². The molecular formula is C14H21N3. The van der Waals surface area contributed by atoms with Crippen LogP contribution in [-0.4, -0.2) is 15.1 Å². The van der Waals surface area contributed by atoms with Gasteiger partial charge in [0.2, 0.25) is 0 Å². The third kappa shape index (κ3) is 2.50. The van der Waals surface area contributed by atoms with E-state index in [1.165, 1.54) is 11.1 Å². The van der Waals surface area contributed by atoms with Crippen molar-refractivity contribution < 1.29 is 0 Å². The first-order valence-corrected chi connectivity index (χ1v) is 6.08. The lowest BCUT2D eigenvalue weighted by atomic mass is 10.00. The van der Waals surface area contributed by atoms with Crippen LogP contribution in [0, 0.1) is 6.92 Å². The van der Waals surface area contributed by atoms with Crippen LogP contribution in [0.3, 0.4) is 0 Å². The maximum Gasteiger partial charge on any atom is 0.109 e. The Labute approximate surface area is 103 Å². The van der Waals surface area contributed by atoms with Crippen molar-refractivity contribution in [3.8, 4) is 0 Å². The zero-order valence-corrected chi connectivity index (χ0v) is 11.1. The Hall–Kier alpha value is -1.35. The van der Waals surface area contributed by atoms with E-state index in [9.17, 15) is 0 Å².